The molecule has 0 saturated heterocycles. The summed E-state index contributed by atoms with van der Waals surface area (Å²) in [6.45, 7) is 3.66. The molecular formula is C13H24N2O4. The highest BCUT2D eigenvalue weighted by atomic mass is 16.4. The Hall–Kier alpha value is -1.30. The second-order valence-electron chi connectivity index (χ2n) is 5.78. The van der Waals surface area contributed by atoms with Crippen molar-refractivity contribution < 1.29 is 19.8 Å². The van der Waals surface area contributed by atoms with Gasteiger partial charge in [-0.3, -0.25) is 0 Å². The van der Waals surface area contributed by atoms with E-state index in [0.717, 1.165) is 19.8 Å². The lowest BCUT2D eigenvalue weighted by atomic mass is 9.82. The first kappa shape index (κ1) is 15.8. The van der Waals surface area contributed by atoms with Crippen molar-refractivity contribution in [1.29, 1.82) is 0 Å². The molecule has 0 aromatic heterocycles. The fraction of sp³-hybridized carbons (Fsp3) is 0.846. The summed E-state index contributed by atoms with van der Waals surface area (Å²) in [5.74, 6) is -0.153. The molecule has 19 heavy (non-hydrogen) atoms. The number of hydrogen-bond donors (Lipinski definition) is 4. The molecule has 3 atom stereocenters. The second kappa shape index (κ2) is 6.75. The second-order valence-corrected chi connectivity index (χ2v) is 5.78. The van der Waals surface area contributed by atoms with E-state index in [4.69, 9.17) is 5.11 Å². The minimum Gasteiger partial charge on any atom is -0.479 e. The van der Waals surface area contributed by atoms with Crippen LogP contribution in [0, 0.1) is 11.8 Å². The van der Waals surface area contributed by atoms with Crippen LogP contribution in [0.4, 0.5) is 4.79 Å². The summed E-state index contributed by atoms with van der Waals surface area (Å²) >= 11 is 0. The molecule has 0 bridgehead atoms. The normalized spacial score (nSPS) is 26.3. The van der Waals surface area contributed by atoms with Gasteiger partial charge in [-0.1, -0.05) is 19.8 Å². The Bertz CT molecular complexity index is 331. The minimum atomic E-state index is -1.93. The summed E-state index contributed by atoms with van der Waals surface area (Å²) in [5.41, 5.74) is -1.93. The van der Waals surface area contributed by atoms with Gasteiger partial charge in [-0.15, -0.1) is 0 Å². The predicted octanol–water partition coefficient (Wildman–Crippen LogP) is 0.947. The lowest BCUT2D eigenvalue weighted by Crippen LogP contribution is -2.49. The zero-order valence-corrected chi connectivity index (χ0v) is 11.6. The lowest BCUT2D eigenvalue weighted by Gasteiger charge is -2.27. The average Bonchev–Trinajstić information content (AvgIpc) is 2.34. The van der Waals surface area contributed by atoms with Gasteiger partial charge in [0, 0.05) is 6.54 Å². The van der Waals surface area contributed by atoms with Gasteiger partial charge >= 0.3 is 12.0 Å². The van der Waals surface area contributed by atoms with Gasteiger partial charge in [0.1, 0.15) is 0 Å². The molecular weight excluding hydrogens is 248 g/mol. The maximum atomic E-state index is 11.5. The monoisotopic (exact) mass is 272 g/mol. The Balaban J connectivity index is 2.23. The molecule has 6 heteroatoms. The van der Waals surface area contributed by atoms with E-state index in [0.29, 0.717) is 18.4 Å². The predicted molar refractivity (Wildman–Crippen MR) is 70.8 cm³/mol. The maximum Gasteiger partial charge on any atom is 0.337 e. The van der Waals surface area contributed by atoms with Crippen LogP contribution in [0.15, 0.2) is 0 Å². The van der Waals surface area contributed by atoms with E-state index in [1.165, 1.54) is 12.8 Å². The Labute approximate surface area is 113 Å². The SMILES string of the molecule is CC1CCCC(CNC(=O)NCC(C)(O)C(=O)O)C1. The largest absolute Gasteiger partial charge is 0.479 e. The third kappa shape index (κ3) is 5.46. The topological polar surface area (TPSA) is 98.7 Å². The summed E-state index contributed by atoms with van der Waals surface area (Å²) in [4.78, 5) is 22.2. The van der Waals surface area contributed by atoms with Gasteiger partial charge in [0.25, 0.3) is 0 Å². The molecule has 1 rings (SSSR count). The summed E-state index contributed by atoms with van der Waals surface area (Å²) in [7, 11) is 0. The van der Waals surface area contributed by atoms with Gasteiger partial charge in [-0.2, -0.15) is 0 Å². The highest BCUT2D eigenvalue weighted by Crippen LogP contribution is 2.27. The molecule has 1 fully saturated rings. The third-order valence-electron chi connectivity index (χ3n) is 3.65. The van der Waals surface area contributed by atoms with Crippen LogP contribution in [-0.4, -0.2) is 40.9 Å². The van der Waals surface area contributed by atoms with Crippen molar-refractivity contribution in [2.24, 2.45) is 11.8 Å². The average molecular weight is 272 g/mol. The van der Waals surface area contributed by atoms with Gasteiger partial charge in [-0.25, -0.2) is 9.59 Å². The minimum absolute atomic E-state index is 0.310. The van der Waals surface area contributed by atoms with E-state index in [1.807, 2.05) is 0 Å². The van der Waals surface area contributed by atoms with Gasteiger partial charge in [0.05, 0.1) is 6.54 Å². The molecule has 0 aromatic carbocycles. The number of carbonyl (C=O) groups is 2. The first-order chi connectivity index (χ1) is 8.81. The standard InChI is InChI=1S/C13H24N2O4/c1-9-4-3-5-10(6-9)7-14-12(18)15-8-13(2,19)11(16)17/h9-10,19H,3-8H2,1-2H3,(H,16,17)(H2,14,15,18). The molecule has 0 aliphatic heterocycles. The highest BCUT2D eigenvalue weighted by Gasteiger charge is 2.30. The Morgan fingerprint density at radius 3 is 2.58 bits per heavy atom. The van der Waals surface area contributed by atoms with Crippen molar-refractivity contribution >= 4 is 12.0 Å². The summed E-state index contributed by atoms with van der Waals surface area (Å²) in [6, 6.07) is -0.431. The number of aliphatic hydroxyl groups is 1. The van der Waals surface area contributed by atoms with Crippen LogP contribution in [0.25, 0.3) is 0 Å². The molecule has 2 amide bonds. The smallest absolute Gasteiger partial charge is 0.337 e. The van der Waals surface area contributed by atoms with Crippen LogP contribution >= 0.6 is 0 Å². The van der Waals surface area contributed by atoms with E-state index < -0.39 is 17.6 Å². The first-order valence-electron chi connectivity index (χ1n) is 6.78. The van der Waals surface area contributed by atoms with Crippen molar-refractivity contribution in [2.45, 2.75) is 45.1 Å². The number of carbonyl (C=O) groups excluding carboxylic acids is 1. The van der Waals surface area contributed by atoms with Gasteiger partial charge < -0.3 is 20.8 Å². The van der Waals surface area contributed by atoms with E-state index in [-0.39, 0.29) is 6.54 Å². The molecule has 3 unspecified atom stereocenters. The highest BCUT2D eigenvalue weighted by molar-refractivity contribution is 5.79. The fourth-order valence-corrected chi connectivity index (χ4v) is 2.37. The Kier molecular flexibility index (Phi) is 5.60. The van der Waals surface area contributed by atoms with Crippen molar-refractivity contribution in [2.75, 3.05) is 13.1 Å². The molecule has 1 aliphatic rings. The quantitative estimate of drug-likeness (QED) is 0.599. The molecule has 6 nitrogen and oxygen atoms in total. The van der Waals surface area contributed by atoms with Crippen LogP contribution in [0.1, 0.15) is 39.5 Å². The molecule has 0 spiro atoms. The van der Waals surface area contributed by atoms with Gasteiger partial charge in [0.2, 0.25) is 0 Å². The van der Waals surface area contributed by atoms with Crippen LogP contribution in [0.2, 0.25) is 0 Å². The molecule has 0 radical (unpaired) electrons. The maximum absolute atomic E-state index is 11.5. The van der Waals surface area contributed by atoms with Crippen molar-refractivity contribution in [3.8, 4) is 0 Å². The summed E-state index contributed by atoms with van der Waals surface area (Å²) < 4.78 is 0. The number of amides is 2. The van der Waals surface area contributed by atoms with E-state index in [9.17, 15) is 14.7 Å². The zero-order chi connectivity index (χ0) is 14.5. The third-order valence-corrected chi connectivity index (χ3v) is 3.65. The number of urea groups is 1. The first-order valence-corrected chi connectivity index (χ1v) is 6.78. The zero-order valence-electron chi connectivity index (χ0n) is 11.6. The lowest BCUT2D eigenvalue weighted by molar-refractivity contribution is -0.155. The number of carboxylic acids is 1. The van der Waals surface area contributed by atoms with Crippen LogP contribution in [0.3, 0.4) is 0 Å². The van der Waals surface area contributed by atoms with E-state index in [1.54, 1.807) is 0 Å². The van der Waals surface area contributed by atoms with Crippen LogP contribution in [-0.2, 0) is 4.79 Å². The summed E-state index contributed by atoms with van der Waals surface area (Å²) in [5, 5.41) is 23.3. The molecule has 110 valence electrons. The molecule has 1 aliphatic carbocycles. The number of carboxylic acid groups (broad SMARTS) is 1. The number of rotatable bonds is 5. The number of aliphatic carboxylic acids is 1. The van der Waals surface area contributed by atoms with Crippen molar-refractivity contribution in [1.82, 2.24) is 10.6 Å². The molecule has 1 saturated carbocycles. The molecule has 0 heterocycles. The van der Waals surface area contributed by atoms with E-state index in [2.05, 4.69) is 17.6 Å². The van der Waals surface area contributed by atoms with Crippen molar-refractivity contribution in [3.05, 3.63) is 0 Å². The Morgan fingerprint density at radius 2 is 2.00 bits per heavy atom. The Morgan fingerprint density at radius 1 is 1.32 bits per heavy atom. The number of nitrogens with one attached hydrogen (secondary N) is 2. The van der Waals surface area contributed by atoms with Crippen LogP contribution < -0.4 is 10.6 Å². The molecule has 4 N–H and O–H groups in total. The van der Waals surface area contributed by atoms with Gasteiger partial charge in [0.15, 0.2) is 5.60 Å². The van der Waals surface area contributed by atoms with Crippen molar-refractivity contribution in [3.63, 3.8) is 0 Å². The van der Waals surface area contributed by atoms with Crippen LogP contribution in [0.5, 0.6) is 0 Å². The number of hydrogen-bond acceptors (Lipinski definition) is 3. The molecule has 0 aromatic rings. The fourth-order valence-electron chi connectivity index (χ4n) is 2.37. The summed E-state index contributed by atoms with van der Waals surface area (Å²) in [6.07, 6.45) is 4.69. The van der Waals surface area contributed by atoms with E-state index >= 15 is 0 Å². The van der Waals surface area contributed by atoms with Gasteiger partial charge in [-0.05, 0) is 31.6 Å².